The molecule has 13 nitrogen and oxygen atoms in total. The van der Waals surface area contributed by atoms with Crippen molar-refractivity contribution in [3.8, 4) is 5.88 Å². The Morgan fingerprint density at radius 2 is 1.85 bits per heavy atom. The quantitative estimate of drug-likeness (QED) is 0.410. The van der Waals surface area contributed by atoms with Crippen molar-refractivity contribution < 1.29 is 37.1 Å². The van der Waals surface area contributed by atoms with E-state index in [9.17, 15) is 27.6 Å². The third kappa shape index (κ3) is 8.18. The Morgan fingerprint density at radius 3 is 2.53 bits per heavy atom. The highest BCUT2D eigenvalue weighted by Gasteiger charge is 2.62. The molecule has 260 valence electrons. The van der Waals surface area contributed by atoms with Gasteiger partial charge in [-0.1, -0.05) is 59.4 Å². The molecular weight excluding hydrogens is 626 g/mol. The zero-order valence-corrected chi connectivity index (χ0v) is 28.7. The van der Waals surface area contributed by atoms with Gasteiger partial charge in [0.1, 0.15) is 23.7 Å². The van der Waals surface area contributed by atoms with Crippen LogP contribution in [0, 0.1) is 11.3 Å². The van der Waals surface area contributed by atoms with Gasteiger partial charge in [-0.3, -0.25) is 19.1 Å². The Kier molecular flexibility index (Phi) is 10.4. The molecule has 1 aromatic rings. The summed E-state index contributed by atoms with van der Waals surface area (Å²) in [5, 5.41) is 5.00. The van der Waals surface area contributed by atoms with E-state index in [1.165, 1.54) is 4.90 Å². The number of carbonyl (C=O) groups excluding carboxylic acids is 4. The minimum absolute atomic E-state index is 0.0443. The first-order valence-electron chi connectivity index (χ1n) is 17.0. The van der Waals surface area contributed by atoms with Crippen LogP contribution in [-0.2, 0) is 35.6 Å². The lowest BCUT2D eigenvalue weighted by molar-refractivity contribution is -0.143. The Morgan fingerprint density at radius 1 is 1.13 bits per heavy atom. The van der Waals surface area contributed by atoms with Crippen LogP contribution < -0.4 is 20.1 Å². The number of cyclic esters (lactones) is 1. The number of hydrogen-bond donors (Lipinski definition) is 3. The van der Waals surface area contributed by atoms with E-state index >= 15 is 0 Å². The molecule has 2 aliphatic carbocycles. The standard InChI is InChI=1S/C33H49N5O8S/c1-5-22-19-33(22,30(41)37-47(43,44)24-14-15-24)36-27(39)25-18-23-20-38(25)29(40)26(32(2,3)4)35-31(42)45-17-10-8-6-7-9-12-21-13-11-16-34-28(21)46-23/h11,13,16,22-26H,5-10,12,14-15,17-20H2,1-4H3,(H,35,42)(H,36,39)(H,37,41)/t22-,23-,25+,26-,33-/m1/s1. The number of sulfonamides is 1. The Hall–Kier alpha value is -3.42. The van der Waals surface area contributed by atoms with Gasteiger partial charge in [0.15, 0.2) is 0 Å². The maximum atomic E-state index is 14.3. The van der Waals surface area contributed by atoms with E-state index < -0.39 is 68.2 Å². The fraction of sp³-hybridized carbons (Fsp3) is 0.727. The van der Waals surface area contributed by atoms with Crippen LogP contribution >= 0.6 is 0 Å². The molecule has 5 rings (SSSR count). The molecule has 0 radical (unpaired) electrons. The highest BCUT2D eigenvalue weighted by Crippen LogP contribution is 2.47. The molecule has 1 saturated heterocycles. The first-order valence-corrected chi connectivity index (χ1v) is 18.5. The minimum Gasteiger partial charge on any atom is -0.472 e. The molecule has 3 fully saturated rings. The first-order chi connectivity index (χ1) is 22.2. The average molecular weight is 676 g/mol. The summed E-state index contributed by atoms with van der Waals surface area (Å²) in [6.45, 7) is 7.60. The van der Waals surface area contributed by atoms with Crippen LogP contribution in [0.2, 0.25) is 0 Å². The van der Waals surface area contributed by atoms with E-state index in [1.807, 2.05) is 39.8 Å². The number of carbonyl (C=O) groups is 4. The summed E-state index contributed by atoms with van der Waals surface area (Å²) in [5.74, 6) is -1.62. The summed E-state index contributed by atoms with van der Waals surface area (Å²) >= 11 is 0. The monoisotopic (exact) mass is 675 g/mol. The summed E-state index contributed by atoms with van der Waals surface area (Å²) in [7, 11) is -3.83. The number of amides is 4. The normalized spacial score (nSPS) is 29.2. The molecule has 4 aliphatic rings. The van der Waals surface area contributed by atoms with E-state index in [1.54, 1.807) is 6.20 Å². The molecule has 2 saturated carbocycles. The molecule has 3 N–H and O–H groups in total. The molecule has 0 aromatic carbocycles. The fourth-order valence-electron chi connectivity index (χ4n) is 6.64. The second-order valence-electron chi connectivity index (χ2n) is 14.5. The van der Waals surface area contributed by atoms with E-state index in [2.05, 4.69) is 20.3 Å². The Bertz CT molecular complexity index is 1460. The highest BCUT2D eigenvalue weighted by atomic mass is 32.2. The van der Waals surface area contributed by atoms with Gasteiger partial charge in [-0.2, -0.15) is 0 Å². The smallest absolute Gasteiger partial charge is 0.407 e. The molecule has 47 heavy (non-hydrogen) atoms. The second-order valence-corrected chi connectivity index (χ2v) is 16.5. The van der Waals surface area contributed by atoms with E-state index in [0.29, 0.717) is 31.6 Å². The summed E-state index contributed by atoms with van der Waals surface area (Å²) in [6, 6.07) is 1.75. The second kappa shape index (κ2) is 14.0. The third-order valence-electron chi connectivity index (χ3n) is 9.72. The van der Waals surface area contributed by atoms with Crippen molar-refractivity contribution in [2.75, 3.05) is 13.2 Å². The predicted molar refractivity (Wildman–Crippen MR) is 173 cm³/mol. The van der Waals surface area contributed by atoms with Crippen molar-refractivity contribution in [1.29, 1.82) is 0 Å². The van der Waals surface area contributed by atoms with Gasteiger partial charge >= 0.3 is 6.09 Å². The van der Waals surface area contributed by atoms with Gasteiger partial charge in [-0.05, 0) is 55.9 Å². The number of hydrogen-bond acceptors (Lipinski definition) is 9. The van der Waals surface area contributed by atoms with E-state index in [-0.39, 0.29) is 31.9 Å². The van der Waals surface area contributed by atoms with E-state index in [4.69, 9.17) is 9.47 Å². The molecule has 5 atom stereocenters. The summed E-state index contributed by atoms with van der Waals surface area (Å²) in [5.41, 5.74) is -1.20. The number of alkyl carbamates (subject to hydrolysis) is 1. The lowest BCUT2D eigenvalue weighted by Crippen LogP contribution is -2.60. The van der Waals surface area contributed by atoms with Crippen molar-refractivity contribution in [2.45, 2.75) is 127 Å². The lowest BCUT2D eigenvalue weighted by Gasteiger charge is -2.35. The third-order valence-corrected chi connectivity index (χ3v) is 11.5. The number of aryl methyl sites for hydroxylation is 1. The SMILES string of the molecule is CC[C@@H]1C[C@]1(NC(=O)[C@@H]1C[C@@H]2CN1C(=O)[C@H](C(C)(C)C)NC(=O)OCCCCCCCc1cccnc1O2)C(=O)NS(=O)(=O)C1CC1. The summed E-state index contributed by atoms with van der Waals surface area (Å²) in [6.07, 6.45) is 7.56. The molecule has 4 amide bonds. The maximum absolute atomic E-state index is 14.3. The number of rotatable bonds is 6. The number of nitrogens with one attached hydrogen (secondary N) is 3. The molecule has 2 bridgehead atoms. The van der Waals surface area contributed by atoms with Gasteiger partial charge in [-0.15, -0.1) is 0 Å². The number of fused-ring (bicyclic) bond motifs is 3. The summed E-state index contributed by atoms with van der Waals surface area (Å²) in [4.78, 5) is 60.5. The Labute approximate surface area is 277 Å². The number of pyridine rings is 1. The molecule has 14 heteroatoms. The molecule has 3 heterocycles. The van der Waals surface area contributed by atoms with Gasteiger partial charge < -0.3 is 25.0 Å². The van der Waals surface area contributed by atoms with Crippen LogP contribution in [0.3, 0.4) is 0 Å². The van der Waals surface area contributed by atoms with Gasteiger partial charge in [-0.25, -0.2) is 18.2 Å². The minimum atomic E-state index is -3.83. The van der Waals surface area contributed by atoms with Crippen LogP contribution in [0.4, 0.5) is 4.79 Å². The van der Waals surface area contributed by atoms with Gasteiger partial charge in [0, 0.05) is 18.2 Å². The highest BCUT2D eigenvalue weighted by molar-refractivity contribution is 7.91. The van der Waals surface area contributed by atoms with Crippen molar-refractivity contribution in [3.63, 3.8) is 0 Å². The molecule has 0 unspecified atom stereocenters. The lowest BCUT2D eigenvalue weighted by atomic mass is 9.85. The van der Waals surface area contributed by atoms with Crippen molar-refractivity contribution >= 4 is 33.8 Å². The summed E-state index contributed by atoms with van der Waals surface area (Å²) < 4.78 is 39.3. The molecular formula is C33H49N5O8S. The first kappa shape index (κ1) is 34.9. The van der Waals surface area contributed by atoms with Gasteiger partial charge in [0.25, 0.3) is 5.91 Å². The van der Waals surface area contributed by atoms with Crippen LogP contribution in [0.1, 0.15) is 97.5 Å². The van der Waals surface area contributed by atoms with Crippen LogP contribution in [0.15, 0.2) is 18.3 Å². The van der Waals surface area contributed by atoms with Crippen molar-refractivity contribution in [2.24, 2.45) is 11.3 Å². The molecule has 2 aliphatic heterocycles. The number of nitrogens with zero attached hydrogens (tertiary/aromatic N) is 2. The van der Waals surface area contributed by atoms with Crippen LogP contribution in [0.25, 0.3) is 0 Å². The van der Waals surface area contributed by atoms with E-state index in [0.717, 1.165) is 37.7 Å². The molecule has 1 aromatic heterocycles. The average Bonchev–Trinajstić information content (AvgIpc) is 3.93. The van der Waals surface area contributed by atoms with Crippen LogP contribution in [0.5, 0.6) is 5.88 Å². The Balaban J connectivity index is 1.43. The fourth-order valence-corrected chi connectivity index (χ4v) is 8.00. The predicted octanol–water partition coefficient (Wildman–Crippen LogP) is 2.97. The zero-order valence-electron chi connectivity index (χ0n) is 27.9. The number of aromatic nitrogens is 1. The topological polar surface area (TPSA) is 173 Å². The molecule has 0 spiro atoms. The maximum Gasteiger partial charge on any atom is 0.407 e. The van der Waals surface area contributed by atoms with Crippen molar-refractivity contribution in [3.05, 3.63) is 23.9 Å². The number of ether oxygens (including phenoxy) is 2. The van der Waals surface area contributed by atoms with Crippen molar-refractivity contribution in [1.82, 2.24) is 25.2 Å². The van der Waals surface area contributed by atoms with Gasteiger partial charge in [0.05, 0.1) is 18.4 Å². The van der Waals surface area contributed by atoms with Crippen LogP contribution in [-0.4, -0.2) is 84.2 Å². The van der Waals surface area contributed by atoms with Gasteiger partial charge in [0.2, 0.25) is 27.7 Å². The zero-order chi connectivity index (χ0) is 34.0. The largest absolute Gasteiger partial charge is 0.472 e.